The molecule has 3 rings (SSSR count). The summed E-state index contributed by atoms with van der Waals surface area (Å²) in [6, 6.07) is 0.000174. The lowest BCUT2D eigenvalue weighted by Crippen LogP contribution is -2.55. The van der Waals surface area contributed by atoms with E-state index in [1.165, 1.54) is 13.8 Å². The third-order valence-corrected chi connectivity index (χ3v) is 7.90. The Labute approximate surface area is 207 Å². The Morgan fingerprint density at radius 1 is 1.24 bits per heavy atom. The summed E-state index contributed by atoms with van der Waals surface area (Å²) in [6.45, 7) is 1.68. The Kier molecular flexibility index (Phi) is 9.27. The molecule has 6 N–H and O–H groups in total. The maximum absolute atomic E-state index is 12.2. The average Bonchev–Trinajstić information content (AvgIpc) is 3.02. The number of aromatic amines is 1. The first kappa shape index (κ1) is 29.8. The fourth-order valence-electron chi connectivity index (χ4n) is 3.73. The smallest absolute Gasteiger partial charge is 0.478 e. The number of carbonyl (C=O) groups excluding carboxylic acids is 1. The lowest BCUT2D eigenvalue weighted by molar-refractivity contribution is -0.266. The molecule has 1 aromatic rings. The van der Waals surface area contributed by atoms with Crippen LogP contribution in [-0.4, -0.2) is 85.1 Å². The Morgan fingerprint density at radius 2 is 1.92 bits per heavy atom. The summed E-state index contributed by atoms with van der Waals surface area (Å²) < 4.78 is 48.8. The number of hydrogen-bond acceptors (Lipinski definition) is 14. The van der Waals surface area contributed by atoms with Crippen molar-refractivity contribution in [2.45, 2.75) is 69.3 Å². The van der Waals surface area contributed by atoms with Crippen LogP contribution in [0, 0.1) is 0 Å². The second-order valence-electron chi connectivity index (χ2n) is 8.31. The first-order valence-corrected chi connectivity index (χ1v) is 13.7. The van der Waals surface area contributed by atoms with Gasteiger partial charge in [0, 0.05) is 19.2 Å². The van der Waals surface area contributed by atoms with Crippen molar-refractivity contribution in [3.05, 3.63) is 33.1 Å². The molecular weight excluding hydrogens is 548 g/mol. The molecule has 0 aromatic carbocycles. The molecule has 3 heterocycles. The molecule has 37 heavy (non-hydrogen) atoms. The van der Waals surface area contributed by atoms with Gasteiger partial charge in [0.2, 0.25) is 5.91 Å². The van der Waals surface area contributed by atoms with Crippen LogP contribution in [0.15, 0.2) is 21.9 Å². The molecule has 20 heteroatoms. The van der Waals surface area contributed by atoms with Crippen LogP contribution < -0.4 is 21.5 Å². The number of aliphatic hydroxyl groups is 3. The highest BCUT2D eigenvalue weighted by Crippen LogP contribution is 2.59. The zero-order valence-corrected chi connectivity index (χ0v) is 21.1. The predicted octanol–water partition coefficient (Wildman–Crippen LogP) is -3.23. The van der Waals surface area contributed by atoms with Gasteiger partial charge in [-0.25, -0.2) is 13.7 Å². The van der Waals surface area contributed by atoms with Crippen molar-refractivity contribution in [2.24, 2.45) is 0 Å². The molecule has 1 aromatic heterocycles. The van der Waals surface area contributed by atoms with Gasteiger partial charge >= 0.3 is 13.5 Å². The second-order valence-corrected chi connectivity index (χ2v) is 11.3. The lowest BCUT2D eigenvalue weighted by atomic mass is 10.0. The standard InChI is InChI=1S/C17H27N3O15P2/c1-7-5-9(18-8(2)21)12(23)16(32-7)34-37(29,30)35-36(27,28)31-6-10-13(24)14(25)15(33-10)20-4-3-11(22)19-17(20)26/h3-4,7,9-10,12-16,23-25H,5-6H2,1-2H3,(H,18,21)(H,27,28)(H,29,30)(H,19,22,26)/p-1/t7?,9-,10+,12?,13-,14?,15+,16-/m0/s1. The zero-order chi connectivity index (χ0) is 27.7. The van der Waals surface area contributed by atoms with E-state index in [2.05, 4.69) is 18.7 Å². The minimum Gasteiger partial charge on any atom is -0.756 e. The van der Waals surface area contributed by atoms with Crippen LogP contribution in [0.2, 0.25) is 0 Å². The van der Waals surface area contributed by atoms with Crippen LogP contribution >= 0.6 is 15.6 Å². The molecule has 0 radical (unpaired) electrons. The van der Waals surface area contributed by atoms with E-state index in [1.807, 2.05) is 4.98 Å². The minimum absolute atomic E-state index is 0.119. The van der Waals surface area contributed by atoms with Gasteiger partial charge in [-0.1, -0.05) is 0 Å². The third-order valence-electron chi connectivity index (χ3n) is 5.33. The number of nitrogens with one attached hydrogen (secondary N) is 2. The average molecular weight is 574 g/mol. The molecule has 2 aliphatic heterocycles. The van der Waals surface area contributed by atoms with Crippen molar-refractivity contribution < 1.29 is 61.9 Å². The van der Waals surface area contributed by atoms with Crippen molar-refractivity contribution in [1.29, 1.82) is 0 Å². The van der Waals surface area contributed by atoms with E-state index in [-0.39, 0.29) is 6.42 Å². The van der Waals surface area contributed by atoms with Crippen LogP contribution in [0.1, 0.15) is 26.5 Å². The highest BCUT2D eigenvalue weighted by Gasteiger charge is 2.46. The Balaban J connectivity index is 1.61. The van der Waals surface area contributed by atoms with Gasteiger partial charge in [0.15, 0.2) is 12.5 Å². The summed E-state index contributed by atoms with van der Waals surface area (Å²) in [5, 5.41) is 33.0. The largest absolute Gasteiger partial charge is 0.756 e. The topological polar surface area (TPSA) is 268 Å². The molecule has 0 spiro atoms. The van der Waals surface area contributed by atoms with Crippen LogP contribution in [0.25, 0.3) is 0 Å². The number of carbonyl (C=O) groups is 1. The van der Waals surface area contributed by atoms with Gasteiger partial charge in [0.05, 0.1) is 18.8 Å². The highest BCUT2D eigenvalue weighted by molar-refractivity contribution is 7.60. The van der Waals surface area contributed by atoms with Gasteiger partial charge in [-0.2, -0.15) is 0 Å². The Morgan fingerprint density at radius 3 is 2.54 bits per heavy atom. The number of hydrogen-bond donors (Lipinski definition) is 6. The summed E-state index contributed by atoms with van der Waals surface area (Å²) in [7, 11) is -11.1. The predicted molar refractivity (Wildman–Crippen MR) is 115 cm³/mol. The van der Waals surface area contributed by atoms with E-state index < -0.39 is 88.5 Å². The van der Waals surface area contributed by atoms with Crippen LogP contribution in [-0.2, 0) is 36.8 Å². The van der Waals surface area contributed by atoms with Crippen molar-refractivity contribution in [3.8, 4) is 0 Å². The van der Waals surface area contributed by atoms with Crippen molar-refractivity contribution in [2.75, 3.05) is 6.61 Å². The summed E-state index contributed by atoms with van der Waals surface area (Å²) in [5.74, 6) is -0.513. The molecule has 0 bridgehead atoms. The number of H-pyrrole nitrogens is 1. The molecule has 1 amide bonds. The van der Waals surface area contributed by atoms with Crippen molar-refractivity contribution in [3.63, 3.8) is 0 Å². The molecule has 18 nitrogen and oxygen atoms in total. The lowest BCUT2D eigenvalue weighted by Gasteiger charge is -2.40. The van der Waals surface area contributed by atoms with Crippen molar-refractivity contribution >= 4 is 21.6 Å². The molecule has 5 unspecified atom stereocenters. The number of rotatable bonds is 9. The number of aromatic nitrogens is 2. The molecule has 2 saturated heterocycles. The number of ether oxygens (including phenoxy) is 2. The summed E-state index contributed by atoms with van der Waals surface area (Å²) in [5.41, 5.74) is -1.71. The Hall–Kier alpha value is -1.79. The van der Waals surface area contributed by atoms with E-state index in [0.717, 1.165) is 16.8 Å². The molecule has 10 atom stereocenters. The molecule has 0 saturated carbocycles. The molecular formula is C17H26N3O15P2-. The Bertz CT molecular complexity index is 1190. The van der Waals surface area contributed by atoms with Crippen molar-refractivity contribution in [1.82, 2.24) is 14.9 Å². The van der Waals surface area contributed by atoms with Crippen LogP contribution in [0.4, 0.5) is 0 Å². The number of phosphoric ester groups is 2. The van der Waals surface area contributed by atoms with Gasteiger partial charge in [-0.05, 0) is 13.3 Å². The third kappa shape index (κ3) is 7.63. The monoisotopic (exact) mass is 574 g/mol. The SMILES string of the molecule is CC(=O)N[C@H]1CC(C)O[C@@H](OP(=O)([O-])OP(=O)(O)OC[C@H]2O[C@@H](n3ccc(=O)[nH]c3=O)C(O)[C@H]2O)C1O. The highest BCUT2D eigenvalue weighted by atomic mass is 31.3. The molecule has 0 aliphatic carbocycles. The van der Waals surface area contributed by atoms with Gasteiger partial charge in [0.1, 0.15) is 24.4 Å². The van der Waals surface area contributed by atoms with Gasteiger partial charge in [-0.3, -0.25) is 32.8 Å². The van der Waals surface area contributed by atoms with E-state index in [1.54, 1.807) is 0 Å². The van der Waals surface area contributed by atoms with E-state index in [9.17, 15) is 48.6 Å². The van der Waals surface area contributed by atoms with Crippen LogP contribution in [0.5, 0.6) is 0 Å². The molecule has 2 aliphatic rings. The zero-order valence-electron chi connectivity index (χ0n) is 19.3. The quantitative estimate of drug-likeness (QED) is 0.158. The van der Waals surface area contributed by atoms with Crippen LogP contribution in [0.3, 0.4) is 0 Å². The second kappa shape index (κ2) is 11.5. The number of phosphoric acid groups is 2. The fourth-order valence-corrected chi connectivity index (χ4v) is 5.85. The molecule has 2 fully saturated rings. The maximum Gasteiger partial charge on any atom is 0.478 e. The number of amides is 1. The fraction of sp³-hybridized carbons (Fsp3) is 0.706. The summed E-state index contributed by atoms with van der Waals surface area (Å²) in [4.78, 5) is 58.4. The van der Waals surface area contributed by atoms with Gasteiger partial charge in [-0.15, -0.1) is 0 Å². The maximum atomic E-state index is 12.2. The molecule has 210 valence electrons. The normalized spacial score (nSPS) is 35.4. The number of nitrogens with zero attached hydrogens (tertiary/aromatic N) is 1. The number of aliphatic hydroxyl groups excluding tert-OH is 3. The van der Waals surface area contributed by atoms with E-state index in [0.29, 0.717) is 0 Å². The van der Waals surface area contributed by atoms with Gasteiger partial charge in [0.25, 0.3) is 13.4 Å². The minimum atomic E-state index is -5.68. The van der Waals surface area contributed by atoms with E-state index >= 15 is 0 Å². The van der Waals surface area contributed by atoms with E-state index in [4.69, 9.17) is 9.47 Å². The summed E-state index contributed by atoms with van der Waals surface area (Å²) >= 11 is 0. The summed E-state index contributed by atoms with van der Waals surface area (Å²) in [6.07, 6.45) is -9.73. The first-order chi connectivity index (χ1) is 17.1. The van der Waals surface area contributed by atoms with Gasteiger partial charge < -0.3 is 39.9 Å². The first-order valence-electron chi connectivity index (χ1n) is 10.7.